The van der Waals surface area contributed by atoms with Gasteiger partial charge in [0.25, 0.3) is 11.8 Å². The van der Waals surface area contributed by atoms with Gasteiger partial charge < -0.3 is 31.1 Å². The number of aromatic nitrogens is 2. The van der Waals surface area contributed by atoms with Crippen molar-refractivity contribution in [3.05, 3.63) is 106 Å². The number of pyridine rings is 2. The molecule has 2 atom stereocenters. The first-order valence-corrected chi connectivity index (χ1v) is 18.9. The maximum absolute atomic E-state index is 13.6. The number of nitrogens with zero attached hydrogens (tertiary/aromatic N) is 2. The average molecular weight is 793 g/mol. The van der Waals surface area contributed by atoms with Crippen LogP contribution < -0.4 is 21.3 Å². The Morgan fingerprint density at radius 3 is 1.33 bits per heavy atom. The van der Waals surface area contributed by atoms with Gasteiger partial charge in [0.2, 0.25) is 0 Å². The summed E-state index contributed by atoms with van der Waals surface area (Å²) in [7, 11) is 0. The molecule has 2 aliphatic rings. The van der Waals surface area contributed by atoms with E-state index in [1.54, 1.807) is 24.3 Å². The van der Waals surface area contributed by atoms with Gasteiger partial charge in [-0.2, -0.15) is 0 Å². The lowest BCUT2D eigenvalue weighted by atomic mass is 9.94. The predicted molar refractivity (Wildman–Crippen MR) is 211 cm³/mol. The Morgan fingerprint density at radius 1 is 0.621 bits per heavy atom. The normalized spacial score (nSPS) is 14.6. The molecule has 2 amide bonds. The van der Waals surface area contributed by atoms with Gasteiger partial charge in [0.05, 0.1) is 12.8 Å². The van der Waals surface area contributed by atoms with E-state index in [1.165, 1.54) is 12.4 Å². The number of carboxylic acids is 4. The smallest absolute Gasteiger partial charge is 0.321 e. The average Bonchev–Trinajstić information content (AvgIpc) is 4.11. The van der Waals surface area contributed by atoms with Crippen LogP contribution in [0.5, 0.6) is 0 Å². The van der Waals surface area contributed by atoms with Gasteiger partial charge in [-0.05, 0) is 120 Å². The molecule has 0 aliphatic heterocycles. The fraction of sp³-hybridized carbons (Fsp3) is 0.333. The highest BCUT2D eigenvalue weighted by atomic mass is 16.4. The topological polar surface area (TPSA) is 257 Å². The van der Waals surface area contributed by atoms with Gasteiger partial charge in [-0.15, -0.1) is 0 Å². The van der Waals surface area contributed by atoms with E-state index >= 15 is 0 Å². The Kier molecular flexibility index (Phi) is 12.6. The molecule has 0 radical (unpaired) electrons. The van der Waals surface area contributed by atoms with Crippen LogP contribution in [0.15, 0.2) is 60.9 Å². The van der Waals surface area contributed by atoms with E-state index in [0.717, 1.165) is 59.1 Å². The van der Waals surface area contributed by atoms with Crippen LogP contribution in [0, 0.1) is 13.8 Å². The minimum Gasteiger partial charge on any atom is -0.481 e. The zero-order valence-electron chi connectivity index (χ0n) is 31.9. The number of rotatable bonds is 19. The first kappa shape index (κ1) is 41.1. The molecule has 2 heterocycles. The summed E-state index contributed by atoms with van der Waals surface area (Å²) in [6.45, 7) is 3.93. The Morgan fingerprint density at radius 2 is 1.00 bits per heavy atom. The van der Waals surface area contributed by atoms with Crippen LogP contribution in [-0.4, -0.2) is 78.2 Å². The highest BCUT2D eigenvalue weighted by molar-refractivity contribution is 6.05. The van der Waals surface area contributed by atoms with Crippen LogP contribution in [0.4, 0.5) is 11.4 Å². The Hall–Kier alpha value is -6.52. The molecular weight excluding hydrogens is 748 g/mol. The van der Waals surface area contributed by atoms with Gasteiger partial charge in [0.15, 0.2) is 0 Å². The largest absolute Gasteiger partial charge is 0.481 e. The van der Waals surface area contributed by atoms with Crippen molar-refractivity contribution >= 4 is 47.1 Å². The number of aliphatic carboxylic acids is 4. The summed E-state index contributed by atoms with van der Waals surface area (Å²) in [6.07, 6.45) is 5.53. The monoisotopic (exact) mass is 792 g/mol. The molecule has 302 valence electrons. The van der Waals surface area contributed by atoms with Crippen molar-refractivity contribution in [3.63, 3.8) is 0 Å². The van der Waals surface area contributed by atoms with Gasteiger partial charge in [0, 0.05) is 36.9 Å². The second kappa shape index (κ2) is 17.7. The summed E-state index contributed by atoms with van der Waals surface area (Å²) in [5.74, 6) is -5.49. The number of hydrogen-bond acceptors (Lipinski definition) is 10. The van der Waals surface area contributed by atoms with E-state index in [-0.39, 0.29) is 36.3 Å². The highest BCUT2D eigenvalue weighted by Crippen LogP contribution is 2.43. The van der Waals surface area contributed by atoms with Crippen LogP contribution in [0.3, 0.4) is 0 Å². The molecule has 2 fully saturated rings. The van der Waals surface area contributed by atoms with Crippen molar-refractivity contribution < 1.29 is 49.2 Å². The minimum absolute atomic E-state index is 0.0844. The number of benzene rings is 2. The molecule has 16 heteroatoms. The summed E-state index contributed by atoms with van der Waals surface area (Å²) in [4.78, 5) is 81.2. The first-order valence-electron chi connectivity index (χ1n) is 18.9. The second-order valence-corrected chi connectivity index (χ2v) is 14.7. The zero-order chi connectivity index (χ0) is 41.7. The number of nitrogens with one attached hydrogen (secondary N) is 4. The molecule has 0 saturated heterocycles. The third-order valence-corrected chi connectivity index (χ3v) is 10.4. The molecule has 4 aromatic rings. The van der Waals surface area contributed by atoms with Gasteiger partial charge in [-0.25, -0.2) is 0 Å². The Bertz CT molecular complexity index is 2130. The summed E-state index contributed by atoms with van der Waals surface area (Å²) in [5.41, 5.74) is 7.79. The number of carbonyl (C=O) groups is 6. The van der Waals surface area contributed by atoms with E-state index in [2.05, 4.69) is 31.2 Å². The van der Waals surface area contributed by atoms with Crippen molar-refractivity contribution in [3.8, 4) is 11.1 Å². The lowest BCUT2D eigenvalue weighted by molar-refractivity contribution is -0.146. The Balaban J connectivity index is 1.16. The lowest BCUT2D eigenvalue weighted by Crippen LogP contribution is -2.38. The third-order valence-electron chi connectivity index (χ3n) is 10.4. The molecule has 2 aliphatic carbocycles. The first-order chi connectivity index (χ1) is 27.7. The van der Waals surface area contributed by atoms with E-state index in [0.29, 0.717) is 22.5 Å². The minimum atomic E-state index is -1.27. The number of carbonyl (C=O) groups excluding carboxylic acids is 2. The second-order valence-electron chi connectivity index (χ2n) is 14.7. The molecule has 2 saturated carbocycles. The zero-order valence-corrected chi connectivity index (χ0v) is 31.9. The molecule has 0 unspecified atom stereocenters. The van der Waals surface area contributed by atoms with Crippen molar-refractivity contribution in [2.75, 3.05) is 10.6 Å². The summed E-state index contributed by atoms with van der Waals surface area (Å²) < 4.78 is 0. The predicted octanol–water partition coefficient (Wildman–Crippen LogP) is 5.05. The standard InChI is InChI=1S/C42H44N6O10/c1-21-27(5-3-7-31(21)47-39(53)33-13-29(23-9-10-23)25(17-43-33)19-45-35(41(55)56)15-37(49)50)28-6-4-8-32(22(28)2)48-40(54)34-14-30(24-11-12-24)26(18-44-34)20-46-36(42(57)58)16-38(51)52/h3-8,13-14,17-18,23-24,35-36,45-46H,9-12,15-16,19-20H2,1-2H3,(H,47,53)(H,48,54)(H,49,50)(H,51,52)(H,55,56)(H,57,58)/t35-,36-/m1/s1. The van der Waals surface area contributed by atoms with E-state index in [4.69, 9.17) is 10.2 Å². The van der Waals surface area contributed by atoms with Crippen molar-refractivity contribution in [1.29, 1.82) is 0 Å². The van der Waals surface area contributed by atoms with Crippen LogP contribution in [-0.2, 0) is 32.3 Å². The summed E-state index contributed by atoms with van der Waals surface area (Å²) in [5, 5.41) is 48.5. The van der Waals surface area contributed by atoms with Gasteiger partial charge in [0.1, 0.15) is 23.5 Å². The van der Waals surface area contributed by atoms with Crippen molar-refractivity contribution in [2.24, 2.45) is 0 Å². The molecule has 2 aromatic carbocycles. The Labute approximate surface area is 333 Å². The molecule has 0 spiro atoms. The SMILES string of the molecule is Cc1c(NC(=O)c2cc(C3CC3)c(CN[C@H](CC(=O)O)C(=O)O)cn2)cccc1-c1cccc(NC(=O)c2cc(C3CC3)c(CN[C@H](CC(=O)O)C(=O)O)cn2)c1C. The van der Waals surface area contributed by atoms with Crippen LogP contribution in [0.2, 0.25) is 0 Å². The number of hydrogen-bond donors (Lipinski definition) is 8. The molecular formula is C42H44N6O10. The van der Waals surface area contributed by atoms with E-state index < -0.39 is 60.6 Å². The quantitative estimate of drug-likeness (QED) is 0.0618. The summed E-state index contributed by atoms with van der Waals surface area (Å²) >= 11 is 0. The molecule has 0 bridgehead atoms. The van der Waals surface area contributed by atoms with Crippen LogP contribution in [0.25, 0.3) is 11.1 Å². The maximum Gasteiger partial charge on any atom is 0.321 e. The summed E-state index contributed by atoms with van der Waals surface area (Å²) in [6, 6.07) is 11.9. The fourth-order valence-corrected chi connectivity index (χ4v) is 6.90. The fourth-order valence-electron chi connectivity index (χ4n) is 6.90. The van der Waals surface area contributed by atoms with Gasteiger partial charge >= 0.3 is 23.9 Å². The number of carboxylic acid groups (broad SMARTS) is 4. The molecule has 8 N–H and O–H groups in total. The van der Waals surface area contributed by atoms with E-state index in [9.17, 15) is 39.0 Å². The third kappa shape index (κ3) is 10.1. The highest BCUT2D eigenvalue weighted by Gasteiger charge is 2.30. The number of amides is 2. The lowest BCUT2D eigenvalue weighted by Gasteiger charge is -2.18. The van der Waals surface area contributed by atoms with Crippen molar-refractivity contribution in [2.45, 2.75) is 89.4 Å². The van der Waals surface area contributed by atoms with Crippen LogP contribution >= 0.6 is 0 Å². The van der Waals surface area contributed by atoms with Crippen molar-refractivity contribution in [1.82, 2.24) is 20.6 Å². The van der Waals surface area contributed by atoms with E-state index in [1.807, 2.05) is 38.1 Å². The molecule has 58 heavy (non-hydrogen) atoms. The van der Waals surface area contributed by atoms with Crippen LogP contribution in [0.1, 0.15) is 105 Å². The van der Waals surface area contributed by atoms with Gasteiger partial charge in [-0.3, -0.25) is 49.4 Å². The van der Waals surface area contributed by atoms with Gasteiger partial charge in [-0.1, -0.05) is 24.3 Å². The molecule has 16 nitrogen and oxygen atoms in total. The number of anilines is 2. The molecule has 2 aromatic heterocycles. The molecule has 6 rings (SSSR count). The maximum atomic E-state index is 13.6.